The lowest BCUT2D eigenvalue weighted by atomic mass is 10.1. The van der Waals surface area contributed by atoms with Crippen molar-refractivity contribution in [1.82, 2.24) is 9.78 Å². The largest absolute Gasteiger partial charge is 0.305 e. The molecule has 0 aliphatic heterocycles. The number of carbonyl (C=O) groups is 1. The quantitative estimate of drug-likeness (QED) is 0.571. The van der Waals surface area contributed by atoms with E-state index in [1.54, 1.807) is 16.9 Å². The molecule has 0 unspecified atom stereocenters. The zero-order valence-corrected chi connectivity index (χ0v) is 13.5. The molecule has 7 nitrogen and oxygen atoms in total. The number of rotatable bonds is 5. The van der Waals surface area contributed by atoms with Gasteiger partial charge in [-0.2, -0.15) is 5.10 Å². The number of nitro benzene ring substituents is 1. The fourth-order valence-corrected chi connectivity index (χ4v) is 2.35. The van der Waals surface area contributed by atoms with Crippen molar-refractivity contribution in [3.63, 3.8) is 0 Å². The van der Waals surface area contributed by atoms with Crippen LogP contribution < -0.4 is 5.32 Å². The summed E-state index contributed by atoms with van der Waals surface area (Å²) >= 11 is 0. The Labute approximate surface area is 144 Å². The number of nitro groups is 1. The highest BCUT2D eigenvalue weighted by atomic mass is 16.6. The maximum atomic E-state index is 12.2. The second-order valence-electron chi connectivity index (χ2n) is 5.65. The third-order valence-corrected chi connectivity index (χ3v) is 3.67. The zero-order valence-electron chi connectivity index (χ0n) is 13.5. The van der Waals surface area contributed by atoms with Crippen LogP contribution in [0.15, 0.2) is 60.8 Å². The van der Waals surface area contributed by atoms with Crippen molar-refractivity contribution >= 4 is 17.4 Å². The number of non-ortho nitro benzene ring substituents is 1. The Morgan fingerprint density at radius 1 is 1.20 bits per heavy atom. The maximum Gasteiger partial charge on any atom is 0.270 e. The van der Waals surface area contributed by atoms with E-state index in [2.05, 4.69) is 10.4 Å². The number of amides is 1. The molecule has 2 aromatic carbocycles. The molecular weight excluding hydrogens is 320 g/mol. The first-order valence-corrected chi connectivity index (χ1v) is 7.66. The number of aromatic nitrogens is 2. The van der Waals surface area contributed by atoms with Crippen molar-refractivity contribution in [2.45, 2.75) is 13.5 Å². The number of carbonyl (C=O) groups excluding carboxylic acids is 1. The fraction of sp³-hybridized carbons (Fsp3) is 0.111. The molecule has 0 saturated heterocycles. The van der Waals surface area contributed by atoms with E-state index in [1.807, 2.05) is 31.2 Å². The number of hydrogen-bond donors (Lipinski definition) is 1. The molecule has 7 heteroatoms. The van der Waals surface area contributed by atoms with Gasteiger partial charge in [0.2, 0.25) is 0 Å². The van der Waals surface area contributed by atoms with E-state index in [1.165, 1.54) is 29.8 Å². The zero-order chi connectivity index (χ0) is 17.8. The molecule has 3 aromatic rings. The van der Waals surface area contributed by atoms with Crippen molar-refractivity contribution in [1.29, 1.82) is 0 Å². The summed E-state index contributed by atoms with van der Waals surface area (Å²) in [6.45, 7) is 2.62. The minimum Gasteiger partial charge on any atom is -0.305 e. The van der Waals surface area contributed by atoms with Gasteiger partial charge in [-0.15, -0.1) is 0 Å². The Kier molecular flexibility index (Phi) is 4.56. The lowest BCUT2D eigenvalue weighted by molar-refractivity contribution is -0.384. The van der Waals surface area contributed by atoms with Gasteiger partial charge in [-0.3, -0.25) is 19.6 Å². The number of anilines is 1. The maximum absolute atomic E-state index is 12.2. The average molecular weight is 336 g/mol. The van der Waals surface area contributed by atoms with Gasteiger partial charge >= 0.3 is 0 Å². The Bertz CT molecular complexity index is 916. The summed E-state index contributed by atoms with van der Waals surface area (Å²) in [4.78, 5) is 22.5. The van der Waals surface area contributed by atoms with Gasteiger partial charge in [0.15, 0.2) is 5.82 Å². The van der Waals surface area contributed by atoms with Crippen molar-refractivity contribution in [3.05, 3.63) is 87.6 Å². The predicted molar refractivity (Wildman–Crippen MR) is 93.6 cm³/mol. The molecule has 0 aliphatic rings. The molecule has 0 saturated carbocycles. The molecule has 1 aromatic heterocycles. The predicted octanol–water partition coefficient (Wildman–Crippen LogP) is 3.40. The number of nitrogens with zero attached hydrogens (tertiary/aromatic N) is 3. The number of aryl methyl sites for hydroxylation is 1. The van der Waals surface area contributed by atoms with Crippen LogP contribution in [0.1, 0.15) is 21.5 Å². The molecule has 0 radical (unpaired) electrons. The van der Waals surface area contributed by atoms with Crippen molar-refractivity contribution in [2.24, 2.45) is 0 Å². The lowest BCUT2D eigenvalue weighted by Crippen LogP contribution is -2.13. The van der Waals surface area contributed by atoms with Crippen LogP contribution >= 0.6 is 0 Å². The van der Waals surface area contributed by atoms with Gasteiger partial charge in [0.05, 0.1) is 11.5 Å². The Morgan fingerprint density at radius 2 is 1.96 bits per heavy atom. The van der Waals surface area contributed by atoms with Crippen LogP contribution in [0.3, 0.4) is 0 Å². The molecule has 1 heterocycles. The van der Waals surface area contributed by atoms with E-state index in [0.29, 0.717) is 12.4 Å². The van der Waals surface area contributed by atoms with E-state index in [4.69, 9.17) is 0 Å². The molecule has 3 rings (SSSR count). The smallest absolute Gasteiger partial charge is 0.270 e. The third kappa shape index (κ3) is 4.08. The van der Waals surface area contributed by atoms with Crippen LogP contribution in [0.25, 0.3) is 0 Å². The SMILES string of the molecule is Cc1ccc(Cn2ccc(NC(=O)c3cccc([N+](=O)[O-])c3)n2)cc1. The first-order valence-electron chi connectivity index (χ1n) is 7.66. The molecule has 1 N–H and O–H groups in total. The fourth-order valence-electron chi connectivity index (χ4n) is 2.35. The van der Waals surface area contributed by atoms with Gasteiger partial charge in [0, 0.05) is 30.0 Å². The summed E-state index contributed by atoms with van der Waals surface area (Å²) in [6, 6.07) is 15.4. The first kappa shape index (κ1) is 16.4. The Balaban J connectivity index is 1.68. The van der Waals surface area contributed by atoms with E-state index < -0.39 is 10.8 Å². The summed E-state index contributed by atoms with van der Waals surface area (Å²) in [5.41, 5.74) is 2.37. The van der Waals surface area contributed by atoms with Crippen LogP contribution in [-0.4, -0.2) is 20.6 Å². The highest BCUT2D eigenvalue weighted by Crippen LogP contribution is 2.15. The van der Waals surface area contributed by atoms with Crippen LogP contribution in [0.2, 0.25) is 0 Å². The highest BCUT2D eigenvalue weighted by Gasteiger charge is 2.12. The van der Waals surface area contributed by atoms with Crippen LogP contribution in [0.4, 0.5) is 11.5 Å². The third-order valence-electron chi connectivity index (χ3n) is 3.67. The Morgan fingerprint density at radius 3 is 2.68 bits per heavy atom. The Hall–Kier alpha value is -3.48. The molecule has 0 aliphatic carbocycles. The molecule has 0 bridgehead atoms. The first-order chi connectivity index (χ1) is 12.0. The summed E-state index contributed by atoms with van der Waals surface area (Å²) in [7, 11) is 0. The molecule has 1 amide bonds. The molecule has 0 atom stereocenters. The minimum atomic E-state index is -0.535. The second-order valence-corrected chi connectivity index (χ2v) is 5.65. The number of benzene rings is 2. The van der Waals surface area contributed by atoms with E-state index >= 15 is 0 Å². The second kappa shape index (κ2) is 6.96. The number of hydrogen-bond acceptors (Lipinski definition) is 4. The minimum absolute atomic E-state index is 0.127. The molecule has 0 fully saturated rings. The molecule has 126 valence electrons. The summed E-state index contributed by atoms with van der Waals surface area (Å²) in [5.74, 6) is -0.0482. The van der Waals surface area contributed by atoms with Gasteiger partial charge in [-0.25, -0.2) is 0 Å². The van der Waals surface area contributed by atoms with Crippen molar-refractivity contribution in [2.75, 3.05) is 5.32 Å². The van der Waals surface area contributed by atoms with Gasteiger partial charge in [0.1, 0.15) is 0 Å². The lowest BCUT2D eigenvalue weighted by Gasteiger charge is -2.04. The van der Waals surface area contributed by atoms with Crippen LogP contribution in [-0.2, 0) is 6.54 Å². The number of nitrogens with one attached hydrogen (secondary N) is 1. The standard InChI is InChI=1S/C18H16N4O3/c1-13-5-7-14(8-6-13)12-21-10-9-17(20-21)19-18(23)15-3-2-4-16(11-15)22(24)25/h2-11H,12H2,1H3,(H,19,20,23). The molecule has 25 heavy (non-hydrogen) atoms. The monoisotopic (exact) mass is 336 g/mol. The average Bonchev–Trinajstić information content (AvgIpc) is 3.04. The summed E-state index contributed by atoms with van der Waals surface area (Å²) in [6.07, 6.45) is 1.77. The van der Waals surface area contributed by atoms with Crippen LogP contribution in [0, 0.1) is 17.0 Å². The van der Waals surface area contributed by atoms with Gasteiger partial charge in [0.25, 0.3) is 11.6 Å². The van der Waals surface area contributed by atoms with Gasteiger partial charge in [-0.1, -0.05) is 35.9 Å². The van der Waals surface area contributed by atoms with E-state index in [-0.39, 0.29) is 11.3 Å². The van der Waals surface area contributed by atoms with Crippen molar-refractivity contribution < 1.29 is 9.72 Å². The van der Waals surface area contributed by atoms with E-state index in [9.17, 15) is 14.9 Å². The molecular formula is C18H16N4O3. The van der Waals surface area contributed by atoms with Crippen molar-refractivity contribution in [3.8, 4) is 0 Å². The van der Waals surface area contributed by atoms with E-state index in [0.717, 1.165) is 5.56 Å². The summed E-state index contributed by atoms with van der Waals surface area (Å²) < 4.78 is 1.72. The highest BCUT2D eigenvalue weighted by molar-refractivity contribution is 6.04. The van der Waals surface area contributed by atoms with Gasteiger partial charge in [-0.05, 0) is 18.6 Å². The van der Waals surface area contributed by atoms with Crippen LogP contribution in [0.5, 0.6) is 0 Å². The molecule has 0 spiro atoms. The van der Waals surface area contributed by atoms with Gasteiger partial charge < -0.3 is 5.32 Å². The topological polar surface area (TPSA) is 90.1 Å². The summed E-state index contributed by atoms with van der Waals surface area (Å²) in [5, 5.41) is 17.7. The normalized spacial score (nSPS) is 10.4.